The molecule has 0 bridgehead atoms. The maximum atomic E-state index is 2.55. The van der Waals surface area contributed by atoms with Gasteiger partial charge in [-0.3, -0.25) is 0 Å². The fourth-order valence-corrected chi connectivity index (χ4v) is 16.5. The molecule has 368 valence electrons. The van der Waals surface area contributed by atoms with E-state index in [0.29, 0.717) is 0 Å². The third-order valence-electron chi connectivity index (χ3n) is 17.9. The summed E-state index contributed by atoms with van der Waals surface area (Å²) >= 11 is 3.75. The van der Waals surface area contributed by atoms with Gasteiger partial charge in [0.25, 0.3) is 0 Å². The van der Waals surface area contributed by atoms with Crippen molar-refractivity contribution >= 4 is 128 Å². The molecule has 0 fully saturated rings. The van der Waals surface area contributed by atoms with Crippen molar-refractivity contribution in [2.24, 2.45) is 0 Å². The Morgan fingerprint density at radius 1 is 0.295 bits per heavy atom. The van der Waals surface area contributed by atoms with Crippen LogP contribution in [0.5, 0.6) is 0 Å². The number of fused-ring (bicyclic) bond motifs is 22. The molecule has 4 aromatic heterocycles. The van der Waals surface area contributed by atoms with Gasteiger partial charge in [-0.05, 0) is 145 Å². The second kappa shape index (κ2) is 15.9. The molecule has 2 nitrogen and oxygen atoms in total. The average Bonchev–Trinajstić information content (AvgIpc) is 4.36. The van der Waals surface area contributed by atoms with Gasteiger partial charge in [0.15, 0.2) is 0 Å². The molecule has 0 saturated heterocycles. The van der Waals surface area contributed by atoms with Gasteiger partial charge in [0.2, 0.25) is 0 Å². The standard InChI is InChI=1S/2C37H25NS/c1-37(2)30-13-7-5-11-25(30)27-17-18-28-34-24-10-4-3-9-22(24)15-19-31(34)38(36(28)35(27)37)23-16-20-33-29(21-23)26-12-6-8-14-32(26)39-33;1-37(2)31-13-7-5-11-25(31)27-21-34-29(20-32(27)37)28-17-22-9-3-4-10-23(22)18-33(28)38(34)24-15-16-36-30(19-24)26-12-6-8-14-35(26)39-36/h2*3-21H,1-2H3. The molecule has 18 rings (SSSR count). The van der Waals surface area contributed by atoms with E-state index in [1.165, 1.54) is 161 Å². The predicted octanol–water partition coefficient (Wildman–Crippen LogP) is 21.2. The van der Waals surface area contributed by atoms with Gasteiger partial charge >= 0.3 is 0 Å². The normalized spacial score (nSPS) is 14.1. The third kappa shape index (κ3) is 6.02. The van der Waals surface area contributed by atoms with Crippen LogP contribution in [-0.4, -0.2) is 9.13 Å². The number of aromatic nitrogens is 2. The molecule has 0 N–H and O–H groups in total. The molecule has 16 aromatic rings. The Balaban J connectivity index is 0.000000126. The number of benzene rings is 12. The third-order valence-corrected chi connectivity index (χ3v) is 20.2. The highest BCUT2D eigenvalue weighted by Gasteiger charge is 2.39. The van der Waals surface area contributed by atoms with Crippen molar-refractivity contribution in [3.8, 4) is 33.6 Å². The monoisotopic (exact) mass is 1030 g/mol. The number of hydrogen-bond acceptors (Lipinski definition) is 2. The van der Waals surface area contributed by atoms with E-state index in [1.54, 1.807) is 0 Å². The van der Waals surface area contributed by atoms with Crippen LogP contribution in [0.2, 0.25) is 0 Å². The molecule has 0 atom stereocenters. The van der Waals surface area contributed by atoms with Crippen LogP contribution < -0.4 is 0 Å². The van der Waals surface area contributed by atoms with E-state index < -0.39 is 0 Å². The number of nitrogens with zero attached hydrogens (tertiary/aromatic N) is 2. The second-order valence-corrected chi connectivity index (χ2v) is 24.9. The fourth-order valence-electron chi connectivity index (χ4n) is 14.3. The summed E-state index contributed by atoms with van der Waals surface area (Å²) < 4.78 is 10.4. The van der Waals surface area contributed by atoms with Gasteiger partial charge in [0.1, 0.15) is 0 Å². The summed E-state index contributed by atoms with van der Waals surface area (Å²) in [5, 5.41) is 15.8. The first-order valence-corrected chi connectivity index (χ1v) is 28.9. The zero-order valence-corrected chi connectivity index (χ0v) is 45.3. The summed E-state index contributed by atoms with van der Waals surface area (Å²) in [4.78, 5) is 0. The van der Waals surface area contributed by atoms with Gasteiger partial charge in [-0.2, -0.15) is 0 Å². The lowest BCUT2D eigenvalue weighted by Crippen LogP contribution is -2.16. The molecule has 0 saturated carbocycles. The van der Waals surface area contributed by atoms with Gasteiger partial charge in [0.05, 0.1) is 22.1 Å². The van der Waals surface area contributed by atoms with Crippen molar-refractivity contribution in [3.63, 3.8) is 0 Å². The maximum Gasteiger partial charge on any atom is 0.0588 e. The van der Waals surface area contributed by atoms with E-state index in [2.05, 4.69) is 267 Å². The van der Waals surface area contributed by atoms with Crippen LogP contribution in [0, 0.1) is 0 Å². The zero-order valence-electron chi connectivity index (χ0n) is 43.7. The lowest BCUT2D eigenvalue weighted by Gasteiger charge is -2.23. The minimum Gasteiger partial charge on any atom is -0.309 e. The van der Waals surface area contributed by atoms with Gasteiger partial charge in [-0.15, -0.1) is 22.7 Å². The van der Waals surface area contributed by atoms with E-state index in [4.69, 9.17) is 0 Å². The Labute approximate surface area is 459 Å². The van der Waals surface area contributed by atoms with E-state index in [0.717, 1.165) is 0 Å². The van der Waals surface area contributed by atoms with E-state index in [-0.39, 0.29) is 10.8 Å². The largest absolute Gasteiger partial charge is 0.309 e. The van der Waals surface area contributed by atoms with Crippen molar-refractivity contribution in [2.75, 3.05) is 0 Å². The fraction of sp³-hybridized carbons (Fsp3) is 0.0811. The van der Waals surface area contributed by atoms with Crippen LogP contribution in [0.4, 0.5) is 0 Å². The van der Waals surface area contributed by atoms with Crippen LogP contribution in [0.1, 0.15) is 49.9 Å². The summed E-state index contributed by atoms with van der Waals surface area (Å²) in [6, 6.07) is 86.1. The molecule has 12 aromatic carbocycles. The average molecular weight is 1030 g/mol. The molecule has 0 radical (unpaired) electrons. The molecular weight excluding hydrogens is 981 g/mol. The topological polar surface area (TPSA) is 9.86 Å². The van der Waals surface area contributed by atoms with Crippen molar-refractivity contribution in [1.29, 1.82) is 0 Å². The molecule has 0 unspecified atom stereocenters. The smallest absolute Gasteiger partial charge is 0.0588 e. The first-order chi connectivity index (χ1) is 38.2. The Morgan fingerprint density at radius 2 is 0.821 bits per heavy atom. The molecule has 0 amide bonds. The second-order valence-electron chi connectivity index (χ2n) is 22.8. The quantitative estimate of drug-likeness (QED) is 0.163. The van der Waals surface area contributed by atoms with E-state index >= 15 is 0 Å². The summed E-state index contributed by atoms with van der Waals surface area (Å²) in [5.41, 5.74) is 18.6. The highest BCUT2D eigenvalue weighted by atomic mass is 32.1. The molecule has 4 heteroatoms. The molecule has 78 heavy (non-hydrogen) atoms. The van der Waals surface area contributed by atoms with Crippen LogP contribution >= 0.6 is 22.7 Å². The van der Waals surface area contributed by atoms with Crippen LogP contribution in [0.15, 0.2) is 231 Å². The van der Waals surface area contributed by atoms with E-state index in [9.17, 15) is 0 Å². The van der Waals surface area contributed by atoms with Gasteiger partial charge in [0, 0.05) is 84.1 Å². The molecule has 0 spiro atoms. The van der Waals surface area contributed by atoms with Gasteiger partial charge < -0.3 is 9.13 Å². The zero-order chi connectivity index (χ0) is 51.8. The first-order valence-electron chi connectivity index (χ1n) is 27.2. The number of hydrogen-bond donors (Lipinski definition) is 0. The maximum absolute atomic E-state index is 2.55. The minimum atomic E-state index is -0.105. The summed E-state index contributed by atoms with van der Waals surface area (Å²) in [6.07, 6.45) is 0. The Bertz CT molecular complexity index is 5280. The molecule has 2 aliphatic rings. The molecule has 2 aliphatic carbocycles. The summed E-state index contributed by atoms with van der Waals surface area (Å²) in [6.45, 7) is 9.53. The lowest BCUT2D eigenvalue weighted by molar-refractivity contribution is 0.661. The summed E-state index contributed by atoms with van der Waals surface area (Å²) in [5.74, 6) is 0. The predicted molar refractivity (Wildman–Crippen MR) is 337 cm³/mol. The Morgan fingerprint density at radius 3 is 1.51 bits per heavy atom. The van der Waals surface area contributed by atoms with Crippen LogP contribution in [-0.2, 0) is 10.8 Å². The SMILES string of the molecule is CC1(C)c2ccccc2-c2cc3c(cc21)c1cc2ccccc2cc1n3-c1ccc2sc3ccccc3c2c1.CC1(C)c2ccccc2-c2ccc3c4c5ccccc5ccc4n(-c4ccc5sc6ccccc6c5c4)c3c21. The van der Waals surface area contributed by atoms with E-state index in [1.807, 2.05) is 22.7 Å². The van der Waals surface area contributed by atoms with Crippen molar-refractivity contribution < 1.29 is 0 Å². The first kappa shape index (κ1) is 44.3. The number of rotatable bonds is 2. The minimum absolute atomic E-state index is 0.0279. The summed E-state index contributed by atoms with van der Waals surface area (Å²) in [7, 11) is 0. The van der Waals surface area contributed by atoms with Gasteiger partial charge in [-0.1, -0.05) is 179 Å². The highest BCUT2D eigenvalue weighted by molar-refractivity contribution is 7.26. The van der Waals surface area contributed by atoms with Crippen LogP contribution in [0.25, 0.3) is 139 Å². The number of thiophene rings is 2. The Hall–Kier alpha value is -8.80. The highest BCUT2D eigenvalue weighted by Crippen LogP contribution is 2.55. The van der Waals surface area contributed by atoms with Gasteiger partial charge in [-0.25, -0.2) is 0 Å². The van der Waals surface area contributed by atoms with Crippen molar-refractivity contribution in [1.82, 2.24) is 9.13 Å². The Kier molecular flexibility index (Phi) is 9.04. The molecular formula is C74H50N2S2. The van der Waals surface area contributed by atoms with Crippen molar-refractivity contribution in [3.05, 3.63) is 253 Å². The van der Waals surface area contributed by atoms with Crippen LogP contribution in [0.3, 0.4) is 0 Å². The molecule has 4 heterocycles. The molecule has 0 aliphatic heterocycles. The van der Waals surface area contributed by atoms with Crippen molar-refractivity contribution in [2.45, 2.75) is 38.5 Å². The lowest BCUT2D eigenvalue weighted by atomic mass is 9.81.